The molecule has 8 heteroatoms. The van der Waals surface area contributed by atoms with Crippen LogP contribution in [0.25, 0.3) is 11.6 Å². The van der Waals surface area contributed by atoms with Crippen molar-refractivity contribution in [1.82, 2.24) is 14.8 Å². The maximum Gasteiger partial charge on any atom is 0.242 e. The first-order valence-electron chi connectivity index (χ1n) is 10.2. The molecule has 1 amide bonds. The van der Waals surface area contributed by atoms with Crippen molar-refractivity contribution in [2.45, 2.75) is 30.8 Å². The van der Waals surface area contributed by atoms with Gasteiger partial charge >= 0.3 is 0 Å². The fourth-order valence-corrected chi connectivity index (χ4v) is 4.47. The summed E-state index contributed by atoms with van der Waals surface area (Å²) in [6.45, 7) is 4.62. The lowest BCUT2D eigenvalue weighted by molar-refractivity contribution is -0.115. The number of amides is 1. The van der Waals surface area contributed by atoms with Gasteiger partial charge in [-0.1, -0.05) is 48.2 Å². The minimum absolute atomic E-state index is 0.171. The summed E-state index contributed by atoms with van der Waals surface area (Å²) in [5.74, 6) is 1.71. The summed E-state index contributed by atoms with van der Waals surface area (Å²) in [6.07, 6.45) is 1.60. The van der Waals surface area contributed by atoms with Crippen LogP contribution in [0.3, 0.4) is 0 Å². The monoisotopic (exact) mass is 448 g/mol. The molecule has 4 aromatic rings. The Balaban J connectivity index is 1.67. The molecule has 0 aliphatic carbocycles. The molecular weight excluding hydrogens is 424 g/mol. The maximum absolute atomic E-state index is 13.5. The van der Waals surface area contributed by atoms with E-state index in [4.69, 9.17) is 9.15 Å². The number of hydrogen-bond acceptors (Lipinski definition) is 6. The van der Waals surface area contributed by atoms with Crippen LogP contribution in [-0.4, -0.2) is 27.8 Å². The lowest BCUT2D eigenvalue weighted by Crippen LogP contribution is -2.20. The molecule has 0 radical (unpaired) electrons. The van der Waals surface area contributed by atoms with Crippen LogP contribution in [0.4, 0.5) is 5.69 Å². The van der Waals surface area contributed by atoms with Gasteiger partial charge in [0.25, 0.3) is 0 Å². The summed E-state index contributed by atoms with van der Waals surface area (Å²) >= 11 is 1.35. The summed E-state index contributed by atoms with van der Waals surface area (Å²) in [4.78, 5) is 13.5. The smallest absolute Gasteiger partial charge is 0.242 e. The fourth-order valence-electron chi connectivity index (χ4n) is 3.37. The Labute approximate surface area is 190 Å². The van der Waals surface area contributed by atoms with Crippen LogP contribution in [-0.2, 0) is 11.3 Å². The van der Waals surface area contributed by atoms with E-state index in [2.05, 4.69) is 15.5 Å². The van der Waals surface area contributed by atoms with E-state index < -0.39 is 5.25 Å². The number of carbonyl (C=O) groups is 1. The van der Waals surface area contributed by atoms with Crippen LogP contribution >= 0.6 is 11.8 Å². The first kappa shape index (κ1) is 21.7. The Hall–Kier alpha value is -3.52. The van der Waals surface area contributed by atoms with Crippen molar-refractivity contribution in [1.29, 1.82) is 0 Å². The molecule has 2 heterocycles. The second-order valence-electron chi connectivity index (χ2n) is 7.13. The topological polar surface area (TPSA) is 82.2 Å². The molecule has 1 unspecified atom stereocenters. The quantitative estimate of drug-likeness (QED) is 0.366. The van der Waals surface area contributed by atoms with Gasteiger partial charge in [0.15, 0.2) is 16.7 Å². The first-order valence-corrected chi connectivity index (χ1v) is 11.1. The van der Waals surface area contributed by atoms with Crippen molar-refractivity contribution in [3.63, 3.8) is 0 Å². The number of carbonyl (C=O) groups excluding carboxylic acids is 1. The number of thioether (sulfide) groups is 1. The van der Waals surface area contributed by atoms with Crippen molar-refractivity contribution in [3.8, 4) is 17.3 Å². The molecule has 0 saturated carbocycles. The Bertz CT molecular complexity index is 1190. The van der Waals surface area contributed by atoms with Gasteiger partial charge in [-0.25, -0.2) is 0 Å². The lowest BCUT2D eigenvalue weighted by atomic mass is 10.1. The van der Waals surface area contributed by atoms with Crippen LogP contribution < -0.4 is 10.1 Å². The second kappa shape index (κ2) is 9.74. The summed E-state index contributed by atoms with van der Waals surface area (Å²) < 4.78 is 12.9. The number of aryl methyl sites for hydroxylation is 1. The number of furan rings is 1. The van der Waals surface area contributed by atoms with Crippen molar-refractivity contribution in [3.05, 3.63) is 78.1 Å². The zero-order chi connectivity index (χ0) is 22.5. The van der Waals surface area contributed by atoms with E-state index in [0.29, 0.717) is 34.7 Å². The third-order valence-electron chi connectivity index (χ3n) is 4.95. The average Bonchev–Trinajstić information content (AvgIpc) is 3.47. The molecule has 32 heavy (non-hydrogen) atoms. The van der Waals surface area contributed by atoms with Gasteiger partial charge in [-0.15, -0.1) is 10.2 Å². The Kier molecular flexibility index (Phi) is 6.61. The van der Waals surface area contributed by atoms with Gasteiger partial charge in [0.1, 0.15) is 11.0 Å². The fraction of sp³-hybridized carbons (Fsp3) is 0.208. The molecule has 2 aromatic carbocycles. The Morgan fingerprint density at radius 3 is 2.66 bits per heavy atom. The minimum atomic E-state index is -0.541. The van der Waals surface area contributed by atoms with Gasteiger partial charge in [-0.05, 0) is 49.2 Å². The van der Waals surface area contributed by atoms with Crippen LogP contribution in [0, 0.1) is 6.92 Å². The molecule has 0 aliphatic rings. The maximum atomic E-state index is 13.5. The highest BCUT2D eigenvalue weighted by Gasteiger charge is 2.27. The largest absolute Gasteiger partial charge is 0.495 e. The van der Waals surface area contributed by atoms with Crippen molar-refractivity contribution in [2.24, 2.45) is 0 Å². The average molecular weight is 449 g/mol. The van der Waals surface area contributed by atoms with Gasteiger partial charge < -0.3 is 14.5 Å². The molecule has 0 spiro atoms. The summed E-state index contributed by atoms with van der Waals surface area (Å²) in [7, 11) is 1.59. The number of rotatable bonds is 8. The molecule has 1 N–H and O–H groups in total. The zero-order valence-electron chi connectivity index (χ0n) is 18.1. The highest BCUT2D eigenvalue weighted by Crippen LogP contribution is 2.37. The minimum Gasteiger partial charge on any atom is -0.495 e. The van der Waals surface area contributed by atoms with E-state index >= 15 is 0 Å². The van der Waals surface area contributed by atoms with Gasteiger partial charge in [-0.3, -0.25) is 9.36 Å². The number of aromatic nitrogens is 3. The summed E-state index contributed by atoms with van der Waals surface area (Å²) in [5, 5.41) is 11.8. The molecule has 0 saturated heterocycles. The lowest BCUT2D eigenvalue weighted by Gasteiger charge is -2.18. The number of methoxy groups -OCH3 is 1. The number of ether oxygens (including phenoxy) is 1. The van der Waals surface area contributed by atoms with Gasteiger partial charge in [0, 0.05) is 6.54 Å². The molecule has 2 aromatic heterocycles. The van der Waals surface area contributed by atoms with E-state index in [-0.39, 0.29) is 5.91 Å². The number of nitrogens with one attached hydrogen (secondary N) is 1. The van der Waals surface area contributed by atoms with Crippen LogP contribution in [0.2, 0.25) is 0 Å². The molecule has 0 bridgehead atoms. The van der Waals surface area contributed by atoms with Gasteiger partial charge in [0.2, 0.25) is 5.91 Å². The number of nitrogens with zero attached hydrogens (tertiary/aromatic N) is 3. The van der Waals surface area contributed by atoms with E-state index in [1.165, 1.54) is 11.8 Å². The standard InChI is InChI=1S/C24H24N4O3S/c1-4-28-22(20-11-8-14-31-20)26-27-24(28)32-21(17-9-6-5-7-10-17)23(29)25-18-15-16(2)12-13-19(18)30-3/h5-15,21H,4H2,1-3H3,(H,25,29). The zero-order valence-corrected chi connectivity index (χ0v) is 18.9. The highest BCUT2D eigenvalue weighted by atomic mass is 32.2. The molecule has 0 fully saturated rings. The number of benzene rings is 2. The molecule has 4 rings (SSSR count). The molecule has 164 valence electrons. The van der Waals surface area contributed by atoms with Crippen molar-refractivity contribution >= 4 is 23.4 Å². The van der Waals surface area contributed by atoms with Crippen molar-refractivity contribution in [2.75, 3.05) is 12.4 Å². The van der Waals surface area contributed by atoms with E-state index in [1.54, 1.807) is 13.4 Å². The third kappa shape index (κ3) is 4.55. The number of hydrogen-bond donors (Lipinski definition) is 1. The number of anilines is 1. The molecular formula is C24H24N4O3S. The molecule has 1 atom stereocenters. The van der Waals surface area contributed by atoms with Gasteiger partial charge in [0.05, 0.1) is 19.1 Å². The van der Waals surface area contributed by atoms with Crippen LogP contribution in [0.15, 0.2) is 76.5 Å². The summed E-state index contributed by atoms with van der Waals surface area (Å²) in [6, 6.07) is 19.0. The highest BCUT2D eigenvalue weighted by molar-refractivity contribution is 8.00. The van der Waals surface area contributed by atoms with E-state index in [0.717, 1.165) is 11.1 Å². The third-order valence-corrected chi connectivity index (χ3v) is 6.19. The SMILES string of the molecule is CCn1c(SC(C(=O)Nc2cc(C)ccc2OC)c2ccccc2)nnc1-c1ccco1. The Morgan fingerprint density at radius 2 is 1.97 bits per heavy atom. The second-order valence-corrected chi connectivity index (χ2v) is 8.20. The van der Waals surface area contributed by atoms with Crippen LogP contribution in [0.5, 0.6) is 5.75 Å². The predicted molar refractivity (Wildman–Crippen MR) is 125 cm³/mol. The van der Waals surface area contributed by atoms with E-state index in [1.807, 2.05) is 79.1 Å². The molecule has 0 aliphatic heterocycles. The Morgan fingerprint density at radius 1 is 1.16 bits per heavy atom. The van der Waals surface area contributed by atoms with Gasteiger partial charge in [-0.2, -0.15) is 0 Å². The normalized spacial score (nSPS) is 11.8. The van der Waals surface area contributed by atoms with Crippen LogP contribution in [0.1, 0.15) is 23.3 Å². The molecule has 7 nitrogen and oxygen atoms in total. The van der Waals surface area contributed by atoms with E-state index in [9.17, 15) is 4.79 Å². The summed E-state index contributed by atoms with van der Waals surface area (Å²) in [5.41, 5.74) is 2.53. The van der Waals surface area contributed by atoms with Crippen molar-refractivity contribution < 1.29 is 13.9 Å². The first-order chi connectivity index (χ1) is 15.6. The predicted octanol–water partition coefficient (Wildman–Crippen LogP) is 5.35.